The van der Waals surface area contributed by atoms with Gasteiger partial charge in [0.2, 0.25) is 5.28 Å². The van der Waals surface area contributed by atoms with Crippen LogP contribution in [0.25, 0.3) is 11.2 Å². The van der Waals surface area contributed by atoms with E-state index >= 15 is 0 Å². The number of aliphatic hydroxyl groups excluding tert-OH is 1. The summed E-state index contributed by atoms with van der Waals surface area (Å²) < 4.78 is 12.8. The molecule has 0 radical (unpaired) electrons. The third-order valence-corrected chi connectivity index (χ3v) is 6.90. The number of aliphatic carboxylic acids is 2. The summed E-state index contributed by atoms with van der Waals surface area (Å²) in [5.74, 6) is 2.06. The lowest BCUT2D eigenvalue weighted by Crippen LogP contribution is -2.55. The van der Waals surface area contributed by atoms with Crippen LogP contribution in [0.5, 0.6) is 0 Å². The van der Waals surface area contributed by atoms with Gasteiger partial charge in [0.05, 0.1) is 12.9 Å². The number of aromatic nitrogens is 4. The predicted molar refractivity (Wildman–Crippen MR) is 134 cm³/mol. The van der Waals surface area contributed by atoms with Gasteiger partial charge in [0.1, 0.15) is 17.7 Å². The van der Waals surface area contributed by atoms with Crippen molar-refractivity contribution < 1.29 is 39.5 Å². The first-order chi connectivity index (χ1) is 18.5. The van der Waals surface area contributed by atoms with E-state index in [-0.39, 0.29) is 28.2 Å². The van der Waals surface area contributed by atoms with Crippen LogP contribution in [0, 0.1) is 17.8 Å². The molecule has 0 bridgehead atoms. The van der Waals surface area contributed by atoms with E-state index < -0.39 is 54.6 Å². The molecule has 1 saturated carbocycles. The fraction of sp³-hybridized carbons (Fsp3) is 0.400. The highest BCUT2D eigenvalue weighted by atomic mass is 35.5. The van der Waals surface area contributed by atoms with Gasteiger partial charge < -0.3 is 35.6 Å². The van der Waals surface area contributed by atoms with E-state index in [1.165, 1.54) is 10.9 Å². The van der Waals surface area contributed by atoms with Gasteiger partial charge in [0.15, 0.2) is 23.3 Å². The molecule has 3 heterocycles. The van der Waals surface area contributed by atoms with E-state index in [1.54, 1.807) is 30.3 Å². The molecule has 39 heavy (non-hydrogen) atoms. The van der Waals surface area contributed by atoms with E-state index in [1.807, 2.05) is 0 Å². The van der Waals surface area contributed by atoms with Crippen LogP contribution in [-0.2, 0) is 25.5 Å². The van der Waals surface area contributed by atoms with E-state index in [0.29, 0.717) is 5.56 Å². The first-order valence-electron chi connectivity index (χ1n) is 11.9. The summed E-state index contributed by atoms with van der Waals surface area (Å²) in [6.45, 7) is -0.737. The van der Waals surface area contributed by atoms with E-state index in [0.717, 1.165) is 12.8 Å². The van der Waals surface area contributed by atoms with Gasteiger partial charge in [0.25, 0.3) is 5.60 Å². The van der Waals surface area contributed by atoms with E-state index in [9.17, 15) is 30.0 Å². The lowest BCUT2D eigenvalue weighted by Gasteiger charge is -2.30. The number of nitrogens with zero attached hydrogens (tertiary/aromatic N) is 4. The zero-order valence-electron chi connectivity index (χ0n) is 20.3. The number of hydrogen-bond acceptors (Lipinski definition) is 10. The molecule has 14 heteroatoms. The van der Waals surface area contributed by atoms with Crippen LogP contribution >= 0.6 is 11.6 Å². The Bertz CT molecular complexity index is 1470. The number of carbonyl (C=O) groups is 2. The Morgan fingerprint density at radius 2 is 1.92 bits per heavy atom. The number of halogens is 1. The van der Waals surface area contributed by atoms with Crippen molar-refractivity contribution in [2.24, 2.45) is 5.92 Å². The Labute approximate surface area is 226 Å². The largest absolute Gasteiger partial charge is 0.479 e. The molecule has 1 saturated heterocycles. The van der Waals surface area contributed by atoms with Crippen LogP contribution in [0.4, 0.5) is 5.82 Å². The summed E-state index contributed by atoms with van der Waals surface area (Å²) in [7, 11) is 0. The van der Waals surface area contributed by atoms with Gasteiger partial charge in [-0.05, 0) is 30.0 Å². The second kappa shape index (κ2) is 10.1. The van der Waals surface area contributed by atoms with Crippen LogP contribution in [0.15, 0.2) is 36.7 Å². The normalized spacial score (nSPS) is 24.8. The van der Waals surface area contributed by atoms with Gasteiger partial charge >= 0.3 is 11.9 Å². The average molecular weight is 558 g/mol. The highest BCUT2D eigenvalue weighted by molar-refractivity contribution is 6.28. The Morgan fingerprint density at radius 1 is 1.23 bits per heavy atom. The number of nitrogens with two attached hydrogens (primary N) is 1. The van der Waals surface area contributed by atoms with Crippen LogP contribution in [0.2, 0.25) is 5.28 Å². The van der Waals surface area contributed by atoms with Gasteiger partial charge in [-0.3, -0.25) is 4.57 Å². The van der Waals surface area contributed by atoms with Crippen LogP contribution in [-0.4, -0.2) is 81.9 Å². The molecule has 4 atom stereocenters. The molecular weight excluding hydrogens is 534 g/mol. The van der Waals surface area contributed by atoms with Gasteiger partial charge in [-0.25, -0.2) is 14.6 Å². The Morgan fingerprint density at radius 3 is 2.56 bits per heavy atom. The number of ether oxygens (including phenoxy) is 2. The van der Waals surface area contributed by atoms with Crippen molar-refractivity contribution >= 4 is 40.5 Å². The first kappa shape index (κ1) is 26.8. The summed E-state index contributed by atoms with van der Waals surface area (Å²) in [5.41, 5.74) is 1.56. The van der Waals surface area contributed by atoms with Crippen molar-refractivity contribution in [2.45, 2.75) is 48.9 Å². The highest BCUT2D eigenvalue weighted by Crippen LogP contribution is 2.40. The van der Waals surface area contributed by atoms with Crippen molar-refractivity contribution in [3.63, 3.8) is 0 Å². The fourth-order valence-electron chi connectivity index (χ4n) is 4.35. The third kappa shape index (κ3) is 4.88. The molecule has 1 aromatic carbocycles. The molecule has 3 aromatic rings. The average Bonchev–Trinajstić information content (AvgIpc) is 3.58. The van der Waals surface area contributed by atoms with Gasteiger partial charge in [-0.2, -0.15) is 9.97 Å². The molecule has 2 fully saturated rings. The molecule has 1 aliphatic heterocycles. The number of anilines is 1. The predicted octanol–water partition coefficient (Wildman–Crippen LogP) is 0.632. The summed E-state index contributed by atoms with van der Waals surface area (Å²) >= 11 is 5.95. The lowest BCUT2D eigenvalue weighted by atomic mass is 9.91. The molecule has 1 aliphatic carbocycles. The summed E-state index contributed by atoms with van der Waals surface area (Å²) in [6, 6.07) is 8.10. The molecule has 204 valence electrons. The summed E-state index contributed by atoms with van der Waals surface area (Å²) in [5, 5.41) is 42.5. The molecule has 2 aromatic heterocycles. The third-order valence-electron chi connectivity index (χ3n) is 6.73. The highest BCUT2D eigenvalue weighted by Gasteiger charge is 2.58. The van der Waals surface area contributed by atoms with Crippen molar-refractivity contribution in [1.82, 2.24) is 19.5 Å². The number of nitrogen functional groups attached to an aromatic ring is 1. The van der Waals surface area contributed by atoms with Crippen LogP contribution in [0.3, 0.4) is 0 Å². The minimum atomic E-state index is -2.71. The maximum Gasteiger partial charge on any atom is 0.348 e. The SMILES string of the molecule is Nc1nc(Cl)nc2c1ncn2[C@@H]1O[C@H](COC(Cc2ccccc2)(C(=O)O)C(=O)O)[C@](O)(C#CC2CC2)[C@H]1O. The summed E-state index contributed by atoms with van der Waals surface area (Å²) in [6.07, 6.45) is -2.12. The topological polar surface area (TPSA) is 203 Å². The number of hydrogen-bond donors (Lipinski definition) is 5. The Balaban J connectivity index is 1.49. The first-order valence-corrected chi connectivity index (χ1v) is 12.3. The lowest BCUT2D eigenvalue weighted by molar-refractivity contribution is -0.191. The zero-order chi connectivity index (χ0) is 27.9. The zero-order valence-corrected chi connectivity index (χ0v) is 21.0. The maximum atomic E-state index is 12.2. The molecule has 6 N–H and O–H groups in total. The molecule has 13 nitrogen and oxygen atoms in total. The molecule has 0 spiro atoms. The minimum absolute atomic E-state index is 0.0199. The second-order valence-electron chi connectivity index (χ2n) is 9.44. The maximum absolute atomic E-state index is 12.2. The molecular formula is C25H24ClN5O8. The van der Waals surface area contributed by atoms with Gasteiger partial charge in [-0.1, -0.05) is 42.2 Å². The number of benzene rings is 1. The standard InChI is InChI=1S/C25H24ClN5O8/c26-23-29-18(27)16-19(30-23)31(12-28-16)20-17(32)24(37,9-8-13-6-7-13)15(39-20)11-38-25(21(33)34,22(35)36)10-14-4-2-1-3-5-14/h1-5,12-13,15,17,20,32,37H,6-7,10-11H2,(H,33,34)(H,35,36)(H2,27,29,30)/t15-,17+,20-,24-/m1/s1. The van der Waals surface area contributed by atoms with Crippen LogP contribution < -0.4 is 5.73 Å². The quantitative estimate of drug-likeness (QED) is 0.147. The van der Waals surface area contributed by atoms with Crippen molar-refractivity contribution in [3.05, 3.63) is 47.5 Å². The van der Waals surface area contributed by atoms with Crippen LogP contribution in [0.1, 0.15) is 24.6 Å². The summed E-state index contributed by atoms with van der Waals surface area (Å²) in [4.78, 5) is 36.5. The minimum Gasteiger partial charge on any atom is -0.479 e. The number of carboxylic acids is 2. The monoisotopic (exact) mass is 557 g/mol. The van der Waals surface area contributed by atoms with Gasteiger partial charge in [0, 0.05) is 12.3 Å². The number of rotatable bonds is 8. The number of aliphatic hydroxyl groups is 2. The Hall–Kier alpha value is -3.80. The fourth-order valence-corrected chi connectivity index (χ4v) is 4.52. The van der Waals surface area contributed by atoms with E-state index in [4.69, 9.17) is 26.8 Å². The number of carboxylic acid groups (broad SMARTS) is 2. The van der Waals surface area contributed by atoms with Crippen molar-refractivity contribution in [1.29, 1.82) is 0 Å². The van der Waals surface area contributed by atoms with Gasteiger partial charge in [-0.15, -0.1) is 0 Å². The number of fused-ring (bicyclic) bond motifs is 1. The smallest absolute Gasteiger partial charge is 0.348 e. The molecule has 0 unspecified atom stereocenters. The molecule has 2 aliphatic rings. The molecule has 5 rings (SSSR count). The second-order valence-corrected chi connectivity index (χ2v) is 9.78. The van der Waals surface area contributed by atoms with Crippen molar-refractivity contribution in [3.8, 4) is 11.8 Å². The van der Waals surface area contributed by atoms with E-state index in [2.05, 4.69) is 26.8 Å². The molecule has 0 amide bonds. The van der Waals surface area contributed by atoms with Crippen molar-refractivity contribution in [2.75, 3.05) is 12.3 Å². The Kier molecular flexibility index (Phi) is 6.91. The number of imidazole rings is 1.